The number of ether oxygens (including phenoxy) is 2. The number of nitrogens with zero attached hydrogens (tertiary/aromatic N) is 1. The van der Waals surface area contributed by atoms with E-state index in [0.717, 1.165) is 10.0 Å². The van der Waals surface area contributed by atoms with Crippen LogP contribution in [0, 0.1) is 18.3 Å². The Balaban J connectivity index is 1.74. The highest BCUT2D eigenvalue weighted by Crippen LogP contribution is 2.20. The van der Waals surface area contributed by atoms with Gasteiger partial charge >= 0.3 is 5.97 Å². The Bertz CT molecular complexity index is 813. The summed E-state index contributed by atoms with van der Waals surface area (Å²) in [6.45, 7) is 1.21. The minimum absolute atomic E-state index is 0.324. The van der Waals surface area contributed by atoms with Gasteiger partial charge in [0.1, 0.15) is 5.75 Å². The maximum absolute atomic E-state index is 11.8. The zero-order valence-corrected chi connectivity index (χ0v) is 15.0. The highest BCUT2D eigenvalue weighted by Gasteiger charge is 2.09. The van der Waals surface area contributed by atoms with E-state index in [-0.39, 0.29) is 6.61 Å². The Morgan fingerprint density at radius 1 is 1.16 bits per heavy atom. The van der Waals surface area contributed by atoms with Crippen LogP contribution in [0.2, 0.25) is 0 Å². The standard InChI is InChI=1S/C18H15BrN2O4/c1-12-2-5-14(8-16(12)19)21-17(22)10-25-18(23)11-24-15-6-3-13(9-20)4-7-15/h2-8H,10-11H2,1H3,(H,21,22). The van der Waals surface area contributed by atoms with E-state index in [1.807, 2.05) is 19.1 Å². The van der Waals surface area contributed by atoms with Gasteiger partial charge in [0.2, 0.25) is 0 Å². The van der Waals surface area contributed by atoms with E-state index >= 15 is 0 Å². The third-order valence-corrected chi connectivity index (χ3v) is 4.01. The van der Waals surface area contributed by atoms with Crippen LogP contribution >= 0.6 is 15.9 Å². The molecule has 0 saturated heterocycles. The fraction of sp³-hybridized carbons (Fsp3) is 0.167. The number of esters is 1. The van der Waals surface area contributed by atoms with Crippen LogP contribution in [0.4, 0.5) is 5.69 Å². The summed E-state index contributed by atoms with van der Waals surface area (Å²) in [4.78, 5) is 23.4. The van der Waals surface area contributed by atoms with Gasteiger partial charge in [-0.2, -0.15) is 5.26 Å². The van der Waals surface area contributed by atoms with Crippen molar-refractivity contribution in [1.29, 1.82) is 5.26 Å². The number of carbonyl (C=O) groups is 2. The number of aryl methyl sites for hydroxylation is 1. The molecule has 0 fully saturated rings. The van der Waals surface area contributed by atoms with Gasteiger partial charge in [-0.15, -0.1) is 0 Å². The van der Waals surface area contributed by atoms with Crippen LogP contribution in [0.1, 0.15) is 11.1 Å². The molecule has 0 bridgehead atoms. The SMILES string of the molecule is Cc1ccc(NC(=O)COC(=O)COc2ccc(C#N)cc2)cc1Br. The number of anilines is 1. The predicted octanol–water partition coefficient (Wildman–Crippen LogP) is 3.19. The Morgan fingerprint density at radius 2 is 1.88 bits per heavy atom. The van der Waals surface area contributed by atoms with Crippen molar-refractivity contribution in [3.8, 4) is 11.8 Å². The second kappa shape index (κ2) is 8.85. The van der Waals surface area contributed by atoms with Crippen molar-refractivity contribution >= 4 is 33.5 Å². The maximum atomic E-state index is 11.8. The first kappa shape index (κ1) is 18.5. The van der Waals surface area contributed by atoms with Gasteiger partial charge in [0, 0.05) is 10.2 Å². The van der Waals surface area contributed by atoms with E-state index in [9.17, 15) is 9.59 Å². The van der Waals surface area contributed by atoms with E-state index in [2.05, 4.69) is 21.2 Å². The van der Waals surface area contributed by atoms with Crippen molar-refractivity contribution in [2.45, 2.75) is 6.92 Å². The van der Waals surface area contributed by atoms with Crippen LogP contribution in [-0.2, 0) is 14.3 Å². The van der Waals surface area contributed by atoms with Crippen molar-refractivity contribution in [2.24, 2.45) is 0 Å². The topological polar surface area (TPSA) is 88.4 Å². The molecule has 2 rings (SSSR count). The summed E-state index contributed by atoms with van der Waals surface area (Å²) in [6, 6.07) is 13.7. The summed E-state index contributed by atoms with van der Waals surface area (Å²) in [6.07, 6.45) is 0. The predicted molar refractivity (Wildman–Crippen MR) is 95.1 cm³/mol. The molecule has 25 heavy (non-hydrogen) atoms. The molecule has 0 saturated carbocycles. The average molecular weight is 403 g/mol. The first-order valence-electron chi connectivity index (χ1n) is 7.32. The van der Waals surface area contributed by atoms with Crippen LogP contribution < -0.4 is 10.1 Å². The second-order valence-corrected chi connectivity index (χ2v) is 5.95. The summed E-state index contributed by atoms with van der Waals surface area (Å²) < 4.78 is 11.0. The quantitative estimate of drug-likeness (QED) is 0.749. The molecule has 0 radical (unpaired) electrons. The molecule has 6 nitrogen and oxygen atoms in total. The molecule has 1 amide bonds. The molecule has 7 heteroatoms. The van der Waals surface area contributed by atoms with E-state index < -0.39 is 18.5 Å². The van der Waals surface area contributed by atoms with Crippen LogP contribution in [-0.4, -0.2) is 25.1 Å². The highest BCUT2D eigenvalue weighted by molar-refractivity contribution is 9.10. The molecule has 2 aromatic rings. The molecule has 0 atom stereocenters. The minimum Gasteiger partial charge on any atom is -0.482 e. The number of benzene rings is 2. The van der Waals surface area contributed by atoms with Gasteiger partial charge in [-0.1, -0.05) is 22.0 Å². The summed E-state index contributed by atoms with van der Waals surface area (Å²) in [5.74, 6) is -0.669. The highest BCUT2D eigenvalue weighted by atomic mass is 79.9. The summed E-state index contributed by atoms with van der Waals surface area (Å²) >= 11 is 3.38. The lowest BCUT2D eigenvalue weighted by molar-refractivity contribution is -0.149. The molecule has 0 aromatic heterocycles. The fourth-order valence-electron chi connectivity index (χ4n) is 1.82. The Hall–Kier alpha value is -2.85. The van der Waals surface area contributed by atoms with Crippen molar-refractivity contribution < 1.29 is 19.1 Å². The van der Waals surface area contributed by atoms with Gasteiger partial charge in [0.05, 0.1) is 11.6 Å². The van der Waals surface area contributed by atoms with Crippen LogP contribution in [0.5, 0.6) is 5.75 Å². The lowest BCUT2D eigenvalue weighted by Gasteiger charge is -2.09. The van der Waals surface area contributed by atoms with Crippen molar-refractivity contribution in [3.63, 3.8) is 0 Å². The molecule has 0 heterocycles. The maximum Gasteiger partial charge on any atom is 0.344 e. The summed E-state index contributed by atoms with van der Waals surface area (Å²) in [7, 11) is 0. The van der Waals surface area contributed by atoms with Crippen molar-refractivity contribution in [2.75, 3.05) is 18.5 Å². The molecule has 128 valence electrons. The lowest BCUT2D eigenvalue weighted by Crippen LogP contribution is -2.23. The van der Waals surface area contributed by atoms with E-state index in [1.54, 1.807) is 36.4 Å². The number of nitrogens with one attached hydrogen (secondary N) is 1. The molecule has 0 aliphatic carbocycles. The zero-order chi connectivity index (χ0) is 18.2. The summed E-state index contributed by atoms with van der Waals surface area (Å²) in [5, 5.41) is 11.3. The third kappa shape index (κ3) is 5.94. The Morgan fingerprint density at radius 3 is 2.52 bits per heavy atom. The lowest BCUT2D eigenvalue weighted by atomic mass is 10.2. The number of nitriles is 1. The number of hydrogen-bond donors (Lipinski definition) is 1. The molecular formula is C18H15BrN2O4. The molecule has 1 N–H and O–H groups in total. The largest absolute Gasteiger partial charge is 0.482 e. The molecule has 0 aliphatic heterocycles. The molecule has 0 aliphatic rings. The second-order valence-electron chi connectivity index (χ2n) is 5.10. The van der Waals surface area contributed by atoms with Gasteiger partial charge in [0.25, 0.3) is 5.91 Å². The number of amides is 1. The molecule has 2 aromatic carbocycles. The number of hydrogen-bond acceptors (Lipinski definition) is 5. The first-order valence-corrected chi connectivity index (χ1v) is 8.12. The monoisotopic (exact) mass is 402 g/mol. The van der Waals surface area contributed by atoms with Crippen molar-refractivity contribution in [3.05, 3.63) is 58.1 Å². The van der Waals surface area contributed by atoms with Gasteiger partial charge in [-0.25, -0.2) is 4.79 Å². The number of rotatable bonds is 6. The van der Waals surface area contributed by atoms with Gasteiger partial charge in [-0.05, 0) is 48.9 Å². The number of halogens is 1. The van der Waals surface area contributed by atoms with Gasteiger partial charge < -0.3 is 14.8 Å². The van der Waals surface area contributed by atoms with Crippen LogP contribution in [0.15, 0.2) is 46.9 Å². The van der Waals surface area contributed by atoms with Gasteiger partial charge in [0.15, 0.2) is 13.2 Å². The Labute approximate surface area is 153 Å². The van der Waals surface area contributed by atoms with Gasteiger partial charge in [-0.3, -0.25) is 4.79 Å². The Kier molecular flexibility index (Phi) is 6.54. The normalized spacial score (nSPS) is 9.80. The average Bonchev–Trinajstić information content (AvgIpc) is 2.61. The first-order chi connectivity index (χ1) is 12.0. The zero-order valence-electron chi connectivity index (χ0n) is 13.4. The van der Waals surface area contributed by atoms with E-state index in [1.165, 1.54) is 0 Å². The van der Waals surface area contributed by atoms with Crippen molar-refractivity contribution in [1.82, 2.24) is 0 Å². The molecular weight excluding hydrogens is 388 g/mol. The fourth-order valence-corrected chi connectivity index (χ4v) is 2.20. The number of carbonyl (C=O) groups excluding carboxylic acids is 2. The van der Waals surface area contributed by atoms with E-state index in [0.29, 0.717) is 17.0 Å². The molecule has 0 unspecified atom stereocenters. The van der Waals surface area contributed by atoms with Crippen LogP contribution in [0.3, 0.4) is 0 Å². The van der Waals surface area contributed by atoms with Crippen LogP contribution in [0.25, 0.3) is 0 Å². The van der Waals surface area contributed by atoms with E-state index in [4.69, 9.17) is 14.7 Å². The smallest absolute Gasteiger partial charge is 0.344 e. The minimum atomic E-state index is -0.662. The molecule has 0 spiro atoms. The third-order valence-electron chi connectivity index (χ3n) is 3.16. The summed E-state index contributed by atoms with van der Waals surface area (Å²) in [5.41, 5.74) is 2.14.